The van der Waals surface area contributed by atoms with E-state index in [1.54, 1.807) is 67.6 Å². The van der Waals surface area contributed by atoms with Crippen LogP contribution in [-0.2, 0) is 19.2 Å². The number of carbonyl (C=O) groups excluding carboxylic acids is 5. The van der Waals surface area contributed by atoms with Crippen molar-refractivity contribution in [1.82, 2.24) is 0 Å². The lowest BCUT2D eigenvalue weighted by Gasteiger charge is -2.42. The SMILES string of the molecule is COc1cc(C2C3=CCC4C(=O)N(c5ccc(C(=O)c6ccccc6)cc5)C(=O)C4C3CC3=C2C(=O)C(C)=CC3=O)cc(Cl)c1O. The van der Waals surface area contributed by atoms with Gasteiger partial charge < -0.3 is 9.84 Å². The topological polar surface area (TPSA) is 118 Å². The molecule has 8 nitrogen and oxygen atoms in total. The number of rotatable bonds is 5. The lowest BCUT2D eigenvalue weighted by Crippen LogP contribution is -2.39. The Labute approximate surface area is 269 Å². The van der Waals surface area contributed by atoms with Gasteiger partial charge in [-0.2, -0.15) is 0 Å². The second-order valence-electron chi connectivity index (χ2n) is 12.0. The van der Waals surface area contributed by atoms with Gasteiger partial charge in [-0.15, -0.1) is 0 Å². The number of amides is 2. The summed E-state index contributed by atoms with van der Waals surface area (Å²) < 4.78 is 5.35. The normalized spacial score (nSPS) is 23.8. The molecule has 4 atom stereocenters. The number of aromatic hydroxyl groups is 1. The number of carbonyl (C=O) groups is 5. The number of hydrogen-bond acceptors (Lipinski definition) is 7. The van der Waals surface area contributed by atoms with Gasteiger partial charge in [-0.1, -0.05) is 53.6 Å². The fourth-order valence-corrected chi connectivity index (χ4v) is 7.65. The third-order valence-corrected chi connectivity index (χ3v) is 9.88. The van der Waals surface area contributed by atoms with Gasteiger partial charge in [-0.3, -0.25) is 28.9 Å². The molecule has 1 heterocycles. The highest BCUT2D eigenvalue weighted by Gasteiger charge is 2.56. The van der Waals surface area contributed by atoms with Crippen molar-refractivity contribution in [2.45, 2.75) is 25.7 Å². The molecule has 0 aromatic heterocycles. The Morgan fingerprint density at radius 2 is 1.63 bits per heavy atom. The number of benzene rings is 3. The van der Waals surface area contributed by atoms with E-state index in [-0.39, 0.29) is 52.6 Å². The number of anilines is 1. The van der Waals surface area contributed by atoms with E-state index in [1.165, 1.54) is 18.1 Å². The summed E-state index contributed by atoms with van der Waals surface area (Å²) in [7, 11) is 1.39. The molecule has 1 saturated heterocycles. The van der Waals surface area contributed by atoms with E-state index in [0.29, 0.717) is 39.1 Å². The molecule has 1 N–H and O–H groups in total. The summed E-state index contributed by atoms with van der Waals surface area (Å²) in [4.78, 5) is 69.2. The van der Waals surface area contributed by atoms with Gasteiger partial charge in [0.1, 0.15) is 0 Å². The number of imide groups is 1. The van der Waals surface area contributed by atoms with Crippen LogP contribution in [0.1, 0.15) is 47.2 Å². The molecule has 4 aliphatic rings. The molecular formula is C37H28ClNO7. The van der Waals surface area contributed by atoms with Crippen LogP contribution in [0.5, 0.6) is 11.5 Å². The first-order valence-electron chi connectivity index (χ1n) is 14.9. The molecule has 3 aromatic rings. The Morgan fingerprint density at radius 1 is 0.935 bits per heavy atom. The van der Waals surface area contributed by atoms with Crippen molar-refractivity contribution in [3.8, 4) is 11.5 Å². The van der Waals surface area contributed by atoms with Crippen molar-refractivity contribution in [2.24, 2.45) is 17.8 Å². The molecule has 0 bridgehead atoms. The minimum absolute atomic E-state index is 0.0160. The van der Waals surface area contributed by atoms with Crippen molar-refractivity contribution in [2.75, 3.05) is 12.0 Å². The van der Waals surface area contributed by atoms with Crippen LogP contribution in [-0.4, -0.2) is 41.4 Å². The number of methoxy groups -OCH3 is 1. The molecule has 1 fully saturated rings. The zero-order chi connectivity index (χ0) is 32.4. The van der Waals surface area contributed by atoms with E-state index >= 15 is 0 Å². The molecule has 3 aliphatic carbocycles. The Morgan fingerprint density at radius 3 is 2.33 bits per heavy atom. The molecule has 2 amide bonds. The maximum Gasteiger partial charge on any atom is 0.238 e. The molecule has 0 radical (unpaired) electrons. The smallest absolute Gasteiger partial charge is 0.238 e. The summed E-state index contributed by atoms with van der Waals surface area (Å²) in [5, 5.41) is 10.4. The van der Waals surface area contributed by atoms with Gasteiger partial charge in [-0.25, -0.2) is 0 Å². The van der Waals surface area contributed by atoms with Crippen LogP contribution in [0, 0.1) is 17.8 Å². The van der Waals surface area contributed by atoms with Crippen LogP contribution in [0.25, 0.3) is 0 Å². The highest BCUT2D eigenvalue weighted by atomic mass is 35.5. The first-order valence-corrected chi connectivity index (χ1v) is 15.3. The van der Waals surface area contributed by atoms with Crippen LogP contribution in [0.15, 0.2) is 101 Å². The van der Waals surface area contributed by atoms with Gasteiger partial charge in [-0.05, 0) is 73.7 Å². The monoisotopic (exact) mass is 633 g/mol. The largest absolute Gasteiger partial charge is 0.503 e. The van der Waals surface area contributed by atoms with E-state index < -0.39 is 29.6 Å². The van der Waals surface area contributed by atoms with Crippen LogP contribution < -0.4 is 9.64 Å². The molecule has 7 rings (SSSR count). The lowest BCUT2D eigenvalue weighted by molar-refractivity contribution is -0.123. The quantitative estimate of drug-likeness (QED) is 0.160. The number of phenols is 1. The van der Waals surface area contributed by atoms with Gasteiger partial charge in [0.25, 0.3) is 0 Å². The number of halogens is 1. The number of nitrogens with zero attached hydrogens (tertiary/aromatic N) is 1. The van der Waals surface area contributed by atoms with E-state index in [9.17, 15) is 29.1 Å². The Bertz CT molecular complexity index is 1970. The number of allylic oxidation sites excluding steroid dienone is 6. The van der Waals surface area contributed by atoms with Crippen molar-refractivity contribution in [3.63, 3.8) is 0 Å². The predicted molar refractivity (Wildman–Crippen MR) is 170 cm³/mol. The fourth-order valence-electron chi connectivity index (χ4n) is 7.43. The van der Waals surface area contributed by atoms with Gasteiger partial charge in [0, 0.05) is 33.8 Å². The maximum absolute atomic E-state index is 14.2. The number of hydrogen-bond donors (Lipinski definition) is 1. The molecule has 3 aromatic carbocycles. The van der Waals surface area contributed by atoms with Crippen molar-refractivity contribution in [3.05, 3.63) is 123 Å². The molecule has 0 saturated carbocycles. The van der Waals surface area contributed by atoms with Gasteiger partial charge in [0.15, 0.2) is 28.8 Å². The van der Waals surface area contributed by atoms with E-state index in [2.05, 4.69) is 0 Å². The lowest BCUT2D eigenvalue weighted by atomic mass is 9.59. The third kappa shape index (κ3) is 4.47. The van der Waals surface area contributed by atoms with Crippen molar-refractivity contribution in [1.29, 1.82) is 0 Å². The Balaban J connectivity index is 1.27. The highest BCUT2D eigenvalue weighted by Crippen LogP contribution is 2.56. The summed E-state index contributed by atoms with van der Waals surface area (Å²) in [5.41, 5.74) is 3.55. The second-order valence-corrected chi connectivity index (χ2v) is 12.4. The van der Waals surface area contributed by atoms with Crippen molar-refractivity contribution >= 4 is 46.5 Å². The molecule has 230 valence electrons. The molecular weight excluding hydrogens is 606 g/mol. The first-order chi connectivity index (χ1) is 22.1. The van der Waals surface area contributed by atoms with Gasteiger partial charge in [0.2, 0.25) is 11.8 Å². The Kier molecular flexibility index (Phi) is 7.13. The summed E-state index contributed by atoms with van der Waals surface area (Å²) in [6, 6.07) is 18.4. The highest BCUT2D eigenvalue weighted by molar-refractivity contribution is 6.32. The maximum atomic E-state index is 14.2. The Hall–Kier alpha value is -5.08. The average Bonchev–Trinajstić information content (AvgIpc) is 3.33. The number of ketones is 3. The van der Waals surface area contributed by atoms with E-state index in [1.807, 2.05) is 12.1 Å². The zero-order valence-corrected chi connectivity index (χ0v) is 25.7. The summed E-state index contributed by atoms with van der Waals surface area (Å²) in [5.74, 6) is -4.32. The standard InChI is InChI=1S/C37H28ClNO7/c1-18-14-28(40)26-17-25-23(30(32(26)33(18)41)21-15-27(38)35(43)29(16-21)46-2)12-13-24-31(25)37(45)39(36(24)44)22-10-8-20(9-11-22)34(42)19-6-4-3-5-7-19/h3-12,14-16,24-25,30-31,43H,13,17H2,1-2H3. The second kappa shape index (κ2) is 11.1. The minimum atomic E-state index is -0.765. The van der Waals surface area contributed by atoms with Gasteiger partial charge >= 0.3 is 0 Å². The molecule has 46 heavy (non-hydrogen) atoms. The number of phenolic OH excluding ortho intramolecular Hbond substituents is 1. The van der Waals surface area contributed by atoms with Crippen LogP contribution in [0.4, 0.5) is 5.69 Å². The van der Waals surface area contributed by atoms with Gasteiger partial charge in [0.05, 0.1) is 29.7 Å². The van der Waals surface area contributed by atoms with Crippen molar-refractivity contribution < 1.29 is 33.8 Å². The summed E-state index contributed by atoms with van der Waals surface area (Å²) in [6.07, 6.45) is 3.63. The summed E-state index contributed by atoms with van der Waals surface area (Å²) in [6.45, 7) is 1.60. The number of Topliss-reactive ketones (excluding diaryl/α,β-unsaturated/α-hetero) is 1. The fraction of sp³-hybridized carbons (Fsp3) is 0.216. The summed E-state index contributed by atoms with van der Waals surface area (Å²) >= 11 is 6.39. The average molecular weight is 634 g/mol. The zero-order valence-electron chi connectivity index (χ0n) is 25.0. The number of fused-ring (bicyclic) bond motifs is 3. The third-order valence-electron chi connectivity index (χ3n) is 9.59. The first kappa shape index (κ1) is 29.6. The molecule has 0 spiro atoms. The van der Waals surface area contributed by atoms with Crippen LogP contribution >= 0.6 is 11.6 Å². The van der Waals surface area contributed by atoms with E-state index in [0.717, 1.165) is 5.57 Å². The van der Waals surface area contributed by atoms with E-state index in [4.69, 9.17) is 16.3 Å². The minimum Gasteiger partial charge on any atom is -0.503 e. The predicted octanol–water partition coefficient (Wildman–Crippen LogP) is 5.92. The molecule has 4 unspecified atom stereocenters. The van der Waals surface area contributed by atoms with Crippen LogP contribution in [0.3, 0.4) is 0 Å². The molecule has 1 aliphatic heterocycles. The number of ether oxygens (including phenoxy) is 1. The molecule has 9 heteroatoms. The van der Waals surface area contributed by atoms with Crippen LogP contribution in [0.2, 0.25) is 5.02 Å².